The predicted molar refractivity (Wildman–Crippen MR) is 152 cm³/mol. The van der Waals surface area contributed by atoms with Crippen LogP contribution in [0.3, 0.4) is 0 Å². The predicted octanol–water partition coefficient (Wildman–Crippen LogP) is 7.13. The molecule has 6 rings (SSSR count). The van der Waals surface area contributed by atoms with Crippen molar-refractivity contribution in [2.24, 2.45) is 0 Å². The highest BCUT2D eigenvalue weighted by Crippen LogP contribution is 2.44. The quantitative estimate of drug-likeness (QED) is 0.271. The summed E-state index contributed by atoms with van der Waals surface area (Å²) in [5.74, 6) is 0.631. The van der Waals surface area contributed by atoms with Gasteiger partial charge in [-0.15, -0.1) is 0 Å². The summed E-state index contributed by atoms with van der Waals surface area (Å²) in [5, 5.41) is 4.16. The minimum atomic E-state index is -0.253. The van der Waals surface area contributed by atoms with E-state index in [1.54, 1.807) is 12.3 Å². The van der Waals surface area contributed by atoms with Crippen molar-refractivity contribution in [2.45, 2.75) is 57.7 Å². The molecule has 0 radical (unpaired) electrons. The summed E-state index contributed by atoms with van der Waals surface area (Å²) in [4.78, 5) is 6.82. The normalized spacial score (nSPS) is 19.7. The standard InChI is InChI=1S/C31H31FN4OS/c1-20-19-25(21(2)35(20)28-13-6-5-11-26(28)32)30-29(27-12-7-8-18-33-27)34-31(38)36(30)22-14-16-24(17-15-22)37-23-9-3-4-10-23/h5-8,11-19,23,29-30H,3-4,9-10H2,1-2H3,(H,34,38)/t29-,30-/m0/s1. The Morgan fingerprint density at radius 3 is 2.42 bits per heavy atom. The van der Waals surface area contributed by atoms with Crippen LogP contribution < -0.4 is 15.0 Å². The van der Waals surface area contributed by atoms with Crippen LogP contribution in [0, 0.1) is 19.7 Å². The highest BCUT2D eigenvalue weighted by atomic mass is 32.1. The summed E-state index contributed by atoms with van der Waals surface area (Å²) in [7, 11) is 0. The lowest BCUT2D eigenvalue weighted by atomic mass is 9.96. The van der Waals surface area contributed by atoms with Crippen LogP contribution in [0.4, 0.5) is 10.1 Å². The van der Waals surface area contributed by atoms with Gasteiger partial charge in [0.25, 0.3) is 0 Å². The maximum Gasteiger partial charge on any atom is 0.174 e. The second kappa shape index (κ2) is 10.2. The topological polar surface area (TPSA) is 42.3 Å². The van der Waals surface area contributed by atoms with Crippen LogP contribution in [0.25, 0.3) is 5.69 Å². The number of thiocarbonyl (C=S) groups is 1. The van der Waals surface area contributed by atoms with Gasteiger partial charge in [-0.05, 0) is 112 Å². The molecular formula is C31H31FN4OS. The Labute approximate surface area is 228 Å². The van der Waals surface area contributed by atoms with E-state index < -0.39 is 0 Å². The number of hydrogen-bond donors (Lipinski definition) is 1. The molecule has 2 aromatic carbocycles. The molecule has 0 unspecified atom stereocenters. The summed E-state index contributed by atoms with van der Waals surface area (Å²) in [6.07, 6.45) is 6.81. The minimum Gasteiger partial charge on any atom is -0.490 e. The average Bonchev–Trinajstić information content (AvgIpc) is 3.63. The van der Waals surface area contributed by atoms with Gasteiger partial charge >= 0.3 is 0 Å². The van der Waals surface area contributed by atoms with Crippen LogP contribution >= 0.6 is 12.2 Å². The number of rotatable bonds is 6. The number of aryl methyl sites for hydroxylation is 1. The average molecular weight is 527 g/mol. The zero-order valence-electron chi connectivity index (χ0n) is 21.6. The number of pyridine rings is 1. The lowest BCUT2D eigenvalue weighted by Gasteiger charge is -2.28. The lowest BCUT2D eigenvalue weighted by molar-refractivity contribution is 0.210. The molecule has 1 aliphatic carbocycles. The van der Waals surface area contributed by atoms with Crippen LogP contribution in [0.2, 0.25) is 0 Å². The van der Waals surface area contributed by atoms with Crippen molar-refractivity contribution in [3.63, 3.8) is 0 Å². The Kier molecular flexibility index (Phi) is 6.62. The van der Waals surface area contributed by atoms with E-state index >= 15 is 0 Å². The van der Waals surface area contributed by atoms with Gasteiger partial charge in [0.05, 0.1) is 29.6 Å². The first-order chi connectivity index (χ1) is 18.5. The van der Waals surface area contributed by atoms with E-state index in [2.05, 4.69) is 33.4 Å². The fourth-order valence-corrected chi connectivity index (χ4v) is 6.27. The van der Waals surface area contributed by atoms with Crippen LogP contribution in [0.15, 0.2) is 79.0 Å². The van der Waals surface area contributed by atoms with Gasteiger partial charge in [0, 0.05) is 23.3 Å². The Balaban J connectivity index is 1.42. The van der Waals surface area contributed by atoms with Crippen LogP contribution in [0.5, 0.6) is 5.75 Å². The fraction of sp³-hybridized carbons (Fsp3) is 0.290. The first kappa shape index (κ1) is 24.6. The molecule has 2 aromatic heterocycles. The second-order valence-electron chi connectivity index (χ2n) is 10.1. The van der Waals surface area contributed by atoms with Gasteiger partial charge in [-0.3, -0.25) is 4.98 Å². The molecule has 0 bridgehead atoms. The van der Waals surface area contributed by atoms with E-state index in [9.17, 15) is 4.39 Å². The van der Waals surface area contributed by atoms with Gasteiger partial charge < -0.3 is 19.5 Å². The highest BCUT2D eigenvalue weighted by Gasteiger charge is 2.42. The molecule has 2 aliphatic rings. The van der Waals surface area contributed by atoms with Gasteiger partial charge in [0.15, 0.2) is 5.11 Å². The Morgan fingerprint density at radius 2 is 1.71 bits per heavy atom. The van der Waals surface area contributed by atoms with Crippen molar-refractivity contribution < 1.29 is 9.13 Å². The fourth-order valence-electron chi connectivity index (χ4n) is 5.92. The number of para-hydroxylation sites is 1. The molecule has 38 heavy (non-hydrogen) atoms. The van der Waals surface area contributed by atoms with E-state index in [1.807, 2.05) is 60.9 Å². The van der Waals surface area contributed by atoms with Crippen molar-refractivity contribution in [3.8, 4) is 11.4 Å². The van der Waals surface area contributed by atoms with E-state index in [0.717, 1.165) is 46.9 Å². The van der Waals surface area contributed by atoms with Crippen molar-refractivity contribution in [2.75, 3.05) is 4.90 Å². The number of nitrogens with zero attached hydrogens (tertiary/aromatic N) is 3. The Morgan fingerprint density at radius 1 is 0.974 bits per heavy atom. The zero-order chi connectivity index (χ0) is 26.2. The Hall–Kier alpha value is -3.71. The molecule has 0 spiro atoms. The lowest BCUT2D eigenvalue weighted by Crippen LogP contribution is -2.29. The smallest absolute Gasteiger partial charge is 0.174 e. The van der Waals surface area contributed by atoms with E-state index in [0.29, 0.717) is 16.9 Å². The van der Waals surface area contributed by atoms with Gasteiger partial charge in [-0.2, -0.15) is 0 Å². The summed E-state index contributed by atoms with van der Waals surface area (Å²) < 4.78 is 23.1. The molecule has 2 fully saturated rings. The number of aromatic nitrogens is 2. The third-order valence-electron chi connectivity index (χ3n) is 7.70. The maximum absolute atomic E-state index is 14.9. The molecule has 7 heteroatoms. The van der Waals surface area contributed by atoms with E-state index in [1.165, 1.54) is 18.9 Å². The summed E-state index contributed by atoms with van der Waals surface area (Å²) >= 11 is 5.91. The zero-order valence-corrected chi connectivity index (χ0v) is 22.4. The highest BCUT2D eigenvalue weighted by molar-refractivity contribution is 7.80. The van der Waals surface area contributed by atoms with Crippen LogP contribution in [0.1, 0.15) is 60.4 Å². The molecular weight excluding hydrogens is 495 g/mol. The van der Waals surface area contributed by atoms with Crippen LogP contribution in [-0.2, 0) is 0 Å². The number of ether oxygens (including phenoxy) is 1. The van der Waals surface area contributed by atoms with Gasteiger partial charge in [0.1, 0.15) is 11.6 Å². The second-order valence-corrected chi connectivity index (χ2v) is 10.5. The van der Waals surface area contributed by atoms with Crippen molar-refractivity contribution in [1.82, 2.24) is 14.9 Å². The molecule has 5 nitrogen and oxygen atoms in total. The van der Waals surface area contributed by atoms with Crippen molar-refractivity contribution >= 4 is 23.0 Å². The van der Waals surface area contributed by atoms with Crippen molar-refractivity contribution in [3.05, 3.63) is 107 Å². The molecule has 0 amide bonds. The largest absolute Gasteiger partial charge is 0.490 e. The van der Waals surface area contributed by atoms with Crippen molar-refractivity contribution in [1.29, 1.82) is 0 Å². The number of benzene rings is 2. The Bertz CT molecular complexity index is 1450. The molecule has 1 saturated heterocycles. The maximum atomic E-state index is 14.9. The molecule has 1 saturated carbocycles. The van der Waals surface area contributed by atoms with Gasteiger partial charge in [-0.25, -0.2) is 4.39 Å². The summed E-state index contributed by atoms with van der Waals surface area (Å²) in [5.41, 5.74) is 5.41. The molecule has 1 N–H and O–H groups in total. The molecule has 194 valence electrons. The number of hydrogen-bond acceptors (Lipinski definition) is 3. The third kappa shape index (κ3) is 4.45. The third-order valence-corrected chi connectivity index (χ3v) is 8.01. The van der Waals surface area contributed by atoms with E-state index in [-0.39, 0.29) is 17.9 Å². The van der Waals surface area contributed by atoms with Gasteiger partial charge in [0.2, 0.25) is 0 Å². The van der Waals surface area contributed by atoms with Gasteiger partial charge in [-0.1, -0.05) is 18.2 Å². The minimum absolute atomic E-state index is 0.173. The summed E-state index contributed by atoms with van der Waals surface area (Å²) in [6.45, 7) is 4.06. The molecule has 1 aliphatic heterocycles. The SMILES string of the molecule is Cc1cc([C@H]2[C@H](c3ccccn3)NC(=S)N2c2ccc(OC3CCCC3)cc2)c(C)n1-c1ccccc1F. The first-order valence-corrected chi connectivity index (χ1v) is 13.6. The number of nitrogens with one attached hydrogen (secondary N) is 1. The molecule has 4 aromatic rings. The first-order valence-electron chi connectivity index (χ1n) is 13.2. The number of halogens is 1. The monoisotopic (exact) mass is 526 g/mol. The molecule has 2 atom stereocenters. The van der Waals surface area contributed by atoms with E-state index in [4.69, 9.17) is 17.0 Å². The van der Waals surface area contributed by atoms with Crippen LogP contribution in [-0.4, -0.2) is 20.8 Å². The molecule has 3 heterocycles. The number of anilines is 1. The summed E-state index contributed by atoms with van der Waals surface area (Å²) in [6, 6.07) is 22.8.